The number of hydrogen-bond donors (Lipinski definition) is 0. The largest absolute Gasteiger partial charge is 0.485 e. The van der Waals surface area contributed by atoms with E-state index in [-0.39, 0.29) is 19.2 Å². The smallest absolute Gasteiger partial charge is 0.231 e. The van der Waals surface area contributed by atoms with Crippen LogP contribution in [-0.4, -0.2) is 23.8 Å². The fraction of sp³-hybridized carbons (Fsp3) is 0.450. The van der Waals surface area contributed by atoms with Gasteiger partial charge in [0, 0.05) is 29.1 Å². The Morgan fingerprint density at radius 1 is 1.16 bits per heavy atom. The maximum atomic E-state index is 12.7. The third-order valence-electron chi connectivity index (χ3n) is 5.19. The van der Waals surface area contributed by atoms with E-state index in [2.05, 4.69) is 11.5 Å². The Balaban J connectivity index is 1.47. The maximum absolute atomic E-state index is 12.7. The van der Waals surface area contributed by atoms with E-state index < -0.39 is 0 Å². The van der Waals surface area contributed by atoms with Gasteiger partial charge in [-0.1, -0.05) is 12.8 Å². The first-order valence-electron chi connectivity index (χ1n) is 8.87. The molecule has 0 saturated heterocycles. The zero-order valence-corrected chi connectivity index (χ0v) is 14.7. The van der Waals surface area contributed by atoms with Crippen molar-refractivity contribution in [3.8, 4) is 17.2 Å². The summed E-state index contributed by atoms with van der Waals surface area (Å²) < 4.78 is 18.6. The molecule has 5 heteroatoms. The van der Waals surface area contributed by atoms with Crippen molar-refractivity contribution < 1.29 is 19.0 Å². The second-order valence-corrected chi connectivity index (χ2v) is 6.82. The quantitative estimate of drug-likeness (QED) is 0.765. The van der Waals surface area contributed by atoms with Crippen molar-refractivity contribution in [3.05, 3.63) is 41.2 Å². The van der Waals surface area contributed by atoms with Crippen LogP contribution in [0.5, 0.6) is 17.2 Å². The van der Waals surface area contributed by atoms with Gasteiger partial charge < -0.3 is 18.8 Å². The molecule has 1 aliphatic carbocycles. The van der Waals surface area contributed by atoms with Gasteiger partial charge in [0.2, 0.25) is 12.6 Å². The normalized spacial score (nSPS) is 16.4. The number of ketones is 1. The Morgan fingerprint density at radius 3 is 2.72 bits per heavy atom. The molecule has 132 valence electrons. The van der Waals surface area contributed by atoms with Crippen LogP contribution in [0, 0.1) is 13.8 Å². The van der Waals surface area contributed by atoms with Crippen LogP contribution in [0.3, 0.4) is 0 Å². The molecule has 1 aliphatic heterocycles. The molecule has 1 aromatic heterocycles. The van der Waals surface area contributed by atoms with E-state index >= 15 is 0 Å². The third-order valence-corrected chi connectivity index (χ3v) is 5.19. The number of carbonyl (C=O) groups is 1. The maximum Gasteiger partial charge on any atom is 0.231 e. The number of carbonyl (C=O) groups excluding carboxylic acids is 1. The fourth-order valence-corrected chi connectivity index (χ4v) is 3.98. The van der Waals surface area contributed by atoms with Crippen molar-refractivity contribution in [2.45, 2.75) is 45.6 Å². The van der Waals surface area contributed by atoms with Gasteiger partial charge in [-0.25, -0.2) is 0 Å². The Bertz CT molecular complexity index is 802. The monoisotopic (exact) mass is 341 g/mol. The molecule has 5 nitrogen and oxygen atoms in total. The Labute approximate surface area is 147 Å². The van der Waals surface area contributed by atoms with Crippen LogP contribution in [0.4, 0.5) is 0 Å². The fourth-order valence-electron chi connectivity index (χ4n) is 3.98. The van der Waals surface area contributed by atoms with Gasteiger partial charge >= 0.3 is 0 Å². The van der Waals surface area contributed by atoms with Gasteiger partial charge in [0.25, 0.3) is 0 Å². The number of benzene rings is 1. The Hall–Kier alpha value is -2.43. The SMILES string of the molecule is Cc1cc(C(=O)COc2ccc3c(c2)OCO3)c(C)n1C1CCCC1. The van der Waals surface area contributed by atoms with Gasteiger partial charge in [-0.05, 0) is 44.9 Å². The molecule has 2 aromatic rings. The molecule has 0 amide bonds. The van der Waals surface area contributed by atoms with Crippen molar-refractivity contribution in [1.29, 1.82) is 0 Å². The summed E-state index contributed by atoms with van der Waals surface area (Å²) in [6.45, 7) is 4.37. The first kappa shape index (κ1) is 16.1. The van der Waals surface area contributed by atoms with Crippen LogP contribution in [0.15, 0.2) is 24.3 Å². The van der Waals surface area contributed by atoms with Gasteiger partial charge in [-0.15, -0.1) is 0 Å². The summed E-state index contributed by atoms with van der Waals surface area (Å²) in [7, 11) is 0. The van der Waals surface area contributed by atoms with Crippen molar-refractivity contribution in [2.24, 2.45) is 0 Å². The zero-order valence-electron chi connectivity index (χ0n) is 14.7. The molecule has 0 N–H and O–H groups in total. The second kappa shape index (κ2) is 6.47. The van der Waals surface area contributed by atoms with Crippen molar-refractivity contribution >= 4 is 5.78 Å². The van der Waals surface area contributed by atoms with E-state index in [0.29, 0.717) is 23.3 Å². The summed E-state index contributed by atoms with van der Waals surface area (Å²) in [5.41, 5.74) is 2.99. The van der Waals surface area contributed by atoms with Crippen LogP contribution in [0.2, 0.25) is 0 Å². The summed E-state index contributed by atoms with van der Waals surface area (Å²) in [6.07, 6.45) is 4.96. The molecule has 0 radical (unpaired) electrons. The number of ether oxygens (including phenoxy) is 3. The first-order valence-corrected chi connectivity index (χ1v) is 8.87. The number of aromatic nitrogens is 1. The Kier molecular flexibility index (Phi) is 4.15. The van der Waals surface area contributed by atoms with Crippen molar-refractivity contribution in [3.63, 3.8) is 0 Å². The average Bonchev–Trinajstić information content (AvgIpc) is 3.32. The molecule has 1 saturated carbocycles. The number of aryl methyl sites for hydroxylation is 1. The van der Waals surface area contributed by atoms with Crippen LogP contribution in [-0.2, 0) is 0 Å². The highest BCUT2D eigenvalue weighted by molar-refractivity contribution is 5.98. The highest BCUT2D eigenvalue weighted by atomic mass is 16.7. The highest BCUT2D eigenvalue weighted by Gasteiger charge is 2.23. The van der Waals surface area contributed by atoms with E-state index in [0.717, 1.165) is 17.0 Å². The number of Topliss-reactive ketones (excluding diaryl/α,β-unsaturated/α-hetero) is 1. The summed E-state index contributed by atoms with van der Waals surface area (Å²) in [4.78, 5) is 12.7. The van der Waals surface area contributed by atoms with Crippen molar-refractivity contribution in [1.82, 2.24) is 4.57 Å². The number of rotatable bonds is 5. The molecule has 0 unspecified atom stereocenters. The minimum atomic E-state index is 0.00927. The van der Waals surface area contributed by atoms with Crippen LogP contribution in [0.1, 0.15) is 53.5 Å². The molecule has 1 fully saturated rings. The van der Waals surface area contributed by atoms with E-state index in [4.69, 9.17) is 14.2 Å². The first-order chi connectivity index (χ1) is 12.1. The topological polar surface area (TPSA) is 49.7 Å². The molecule has 1 aromatic carbocycles. The summed E-state index contributed by atoms with van der Waals surface area (Å²) >= 11 is 0. The lowest BCUT2D eigenvalue weighted by molar-refractivity contribution is 0.0920. The molecule has 4 rings (SSSR count). The molecule has 0 spiro atoms. The number of hydrogen-bond acceptors (Lipinski definition) is 4. The minimum Gasteiger partial charge on any atom is -0.485 e. The predicted molar refractivity (Wildman–Crippen MR) is 93.8 cm³/mol. The van der Waals surface area contributed by atoms with Gasteiger partial charge in [-0.2, -0.15) is 0 Å². The molecule has 0 atom stereocenters. The molecule has 2 aliphatic rings. The van der Waals surface area contributed by atoms with Crippen molar-refractivity contribution in [2.75, 3.05) is 13.4 Å². The molecular formula is C20H23NO4. The summed E-state index contributed by atoms with van der Waals surface area (Å²) in [6, 6.07) is 7.89. The Morgan fingerprint density at radius 2 is 1.92 bits per heavy atom. The molecule has 0 bridgehead atoms. The number of nitrogens with zero attached hydrogens (tertiary/aromatic N) is 1. The lowest BCUT2D eigenvalue weighted by Gasteiger charge is -2.17. The highest BCUT2D eigenvalue weighted by Crippen LogP contribution is 2.35. The van der Waals surface area contributed by atoms with E-state index in [9.17, 15) is 4.79 Å². The van der Waals surface area contributed by atoms with Gasteiger partial charge in [0.1, 0.15) is 5.75 Å². The van der Waals surface area contributed by atoms with Crippen LogP contribution < -0.4 is 14.2 Å². The van der Waals surface area contributed by atoms with Crippen LogP contribution >= 0.6 is 0 Å². The van der Waals surface area contributed by atoms with E-state index in [1.54, 1.807) is 18.2 Å². The average molecular weight is 341 g/mol. The molecule has 2 heterocycles. The summed E-state index contributed by atoms with van der Waals surface area (Å²) in [5, 5.41) is 0. The number of fused-ring (bicyclic) bond motifs is 1. The predicted octanol–water partition coefficient (Wildman–Crippen LogP) is 4.21. The summed E-state index contributed by atoms with van der Waals surface area (Å²) in [5.74, 6) is 1.99. The van der Waals surface area contributed by atoms with Gasteiger partial charge in [-0.3, -0.25) is 4.79 Å². The second-order valence-electron chi connectivity index (χ2n) is 6.82. The molecular weight excluding hydrogens is 318 g/mol. The lowest BCUT2D eigenvalue weighted by Crippen LogP contribution is -2.14. The van der Waals surface area contributed by atoms with Crippen LogP contribution in [0.25, 0.3) is 0 Å². The zero-order chi connectivity index (χ0) is 17.4. The van der Waals surface area contributed by atoms with Gasteiger partial charge in [0.15, 0.2) is 18.1 Å². The van der Waals surface area contributed by atoms with E-state index in [1.807, 2.05) is 13.0 Å². The van der Waals surface area contributed by atoms with E-state index in [1.165, 1.54) is 25.7 Å². The third kappa shape index (κ3) is 2.99. The molecule has 25 heavy (non-hydrogen) atoms. The lowest BCUT2D eigenvalue weighted by atomic mass is 10.1. The minimum absolute atomic E-state index is 0.00927. The standard InChI is InChI=1S/C20H23NO4/c1-13-9-17(14(2)21(13)15-5-3-4-6-15)18(22)11-23-16-7-8-19-20(10-16)25-12-24-19/h7-10,15H,3-6,11-12H2,1-2H3. The van der Waals surface area contributed by atoms with Gasteiger partial charge in [0.05, 0.1) is 0 Å².